The van der Waals surface area contributed by atoms with Gasteiger partial charge >= 0.3 is 0 Å². The van der Waals surface area contributed by atoms with Gasteiger partial charge in [0.25, 0.3) is 5.91 Å². The molecule has 2 aromatic rings. The molecule has 0 fully saturated rings. The first-order chi connectivity index (χ1) is 8.97. The number of hydrogen-bond acceptors (Lipinski definition) is 4. The van der Waals surface area contributed by atoms with Crippen molar-refractivity contribution in [3.05, 3.63) is 40.0 Å². The number of aromatic nitrogens is 2. The highest BCUT2D eigenvalue weighted by Gasteiger charge is 2.13. The lowest BCUT2D eigenvalue weighted by atomic mass is 10.3. The van der Waals surface area contributed by atoms with Crippen LogP contribution in [0, 0.1) is 0 Å². The molecule has 1 heterocycles. The van der Waals surface area contributed by atoms with Crippen LogP contribution in [0.1, 0.15) is 10.4 Å². The molecule has 1 aromatic heterocycles. The summed E-state index contributed by atoms with van der Waals surface area (Å²) in [6.45, 7) is 0. The van der Waals surface area contributed by atoms with Crippen molar-refractivity contribution < 1.29 is 4.79 Å². The average Bonchev–Trinajstić information content (AvgIpc) is 2.66. The Kier molecular flexibility index (Phi) is 3.82. The number of rotatable bonds is 3. The maximum absolute atomic E-state index is 11.8. The molecule has 0 atom stereocenters. The molecular formula is C11H11Cl2N5O. The Balaban J connectivity index is 2.06. The summed E-state index contributed by atoms with van der Waals surface area (Å²) in [5, 5.41) is 4.81. The third-order valence-corrected chi connectivity index (χ3v) is 2.85. The van der Waals surface area contributed by atoms with Crippen LogP contribution >= 0.6 is 23.2 Å². The van der Waals surface area contributed by atoms with Crippen LogP contribution in [0.15, 0.2) is 24.4 Å². The van der Waals surface area contributed by atoms with Crippen molar-refractivity contribution in [2.24, 2.45) is 7.05 Å². The van der Waals surface area contributed by atoms with Crippen molar-refractivity contribution in [2.45, 2.75) is 0 Å². The number of carbonyl (C=O) groups excluding carboxylic acids is 1. The average molecular weight is 300 g/mol. The van der Waals surface area contributed by atoms with Crippen molar-refractivity contribution in [3.63, 3.8) is 0 Å². The van der Waals surface area contributed by atoms with Crippen molar-refractivity contribution in [3.8, 4) is 0 Å². The predicted molar refractivity (Wildman–Crippen MR) is 75.2 cm³/mol. The normalized spacial score (nSPS) is 10.3. The zero-order valence-electron chi connectivity index (χ0n) is 9.95. The van der Waals surface area contributed by atoms with Gasteiger partial charge in [-0.15, -0.1) is 0 Å². The van der Waals surface area contributed by atoms with Gasteiger partial charge < -0.3 is 5.73 Å². The zero-order chi connectivity index (χ0) is 14.0. The zero-order valence-corrected chi connectivity index (χ0v) is 11.5. The molecule has 0 aliphatic rings. The summed E-state index contributed by atoms with van der Waals surface area (Å²) in [6, 6.07) is 4.84. The molecule has 0 bridgehead atoms. The van der Waals surface area contributed by atoms with E-state index in [1.165, 1.54) is 10.9 Å². The summed E-state index contributed by atoms with van der Waals surface area (Å²) in [4.78, 5) is 11.8. The number of aryl methyl sites for hydroxylation is 1. The smallest absolute Gasteiger partial charge is 0.274 e. The summed E-state index contributed by atoms with van der Waals surface area (Å²) >= 11 is 11.7. The van der Waals surface area contributed by atoms with E-state index in [1.54, 1.807) is 25.2 Å². The maximum Gasteiger partial charge on any atom is 0.274 e. The van der Waals surface area contributed by atoms with Gasteiger partial charge in [0.05, 0.1) is 11.9 Å². The Morgan fingerprint density at radius 1 is 1.32 bits per heavy atom. The fourth-order valence-electron chi connectivity index (χ4n) is 1.44. The van der Waals surface area contributed by atoms with Gasteiger partial charge in [-0.3, -0.25) is 20.3 Å². The van der Waals surface area contributed by atoms with Gasteiger partial charge in [0.2, 0.25) is 0 Å². The lowest BCUT2D eigenvalue weighted by Crippen LogP contribution is -2.29. The standard InChI is InChI=1S/C11H11Cl2N5O/c1-18-10(14)9(5-15-18)11(19)17-16-8-3-6(12)2-7(13)4-8/h2-5,16H,14H2,1H3,(H,17,19). The number of nitrogen functional groups attached to an aromatic ring is 1. The number of hydrogen-bond donors (Lipinski definition) is 3. The van der Waals surface area contributed by atoms with E-state index in [0.29, 0.717) is 15.7 Å². The first-order valence-corrected chi connectivity index (χ1v) is 6.03. The highest BCUT2D eigenvalue weighted by Crippen LogP contribution is 2.21. The number of amides is 1. The lowest BCUT2D eigenvalue weighted by Gasteiger charge is -2.09. The number of nitrogens with one attached hydrogen (secondary N) is 2. The van der Waals surface area contributed by atoms with Crippen LogP contribution < -0.4 is 16.6 Å². The highest BCUT2D eigenvalue weighted by molar-refractivity contribution is 6.35. The summed E-state index contributed by atoms with van der Waals surface area (Å²) in [5.41, 5.74) is 11.7. The van der Waals surface area contributed by atoms with E-state index in [9.17, 15) is 4.79 Å². The van der Waals surface area contributed by atoms with Gasteiger partial charge in [0.1, 0.15) is 11.4 Å². The number of nitrogens with two attached hydrogens (primary N) is 1. The quantitative estimate of drug-likeness (QED) is 0.758. The number of benzene rings is 1. The molecule has 4 N–H and O–H groups in total. The Morgan fingerprint density at radius 3 is 2.47 bits per heavy atom. The molecule has 0 spiro atoms. The minimum atomic E-state index is -0.401. The minimum Gasteiger partial charge on any atom is -0.383 e. The molecule has 2 rings (SSSR count). The van der Waals surface area contributed by atoms with Gasteiger partial charge in [-0.1, -0.05) is 23.2 Å². The third-order valence-electron chi connectivity index (χ3n) is 2.41. The molecule has 0 aliphatic carbocycles. The van der Waals surface area contributed by atoms with E-state index >= 15 is 0 Å². The Morgan fingerprint density at radius 2 is 1.95 bits per heavy atom. The van der Waals surface area contributed by atoms with Gasteiger partial charge in [0, 0.05) is 17.1 Å². The summed E-state index contributed by atoms with van der Waals surface area (Å²) < 4.78 is 1.41. The molecule has 8 heteroatoms. The molecule has 0 radical (unpaired) electrons. The monoisotopic (exact) mass is 299 g/mol. The molecule has 0 saturated carbocycles. The molecule has 1 aromatic carbocycles. The van der Waals surface area contributed by atoms with Crippen molar-refractivity contribution >= 4 is 40.6 Å². The molecule has 19 heavy (non-hydrogen) atoms. The van der Waals surface area contributed by atoms with Gasteiger partial charge in [-0.2, -0.15) is 5.10 Å². The lowest BCUT2D eigenvalue weighted by molar-refractivity contribution is 0.0963. The number of anilines is 2. The molecule has 0 aliphatic heterocycles. The number of carbonyl (C=O) groups is 1. The Bertz CT molecular complexity index is 605. The molecule has 100 valence electrons. The third kappa shape index (κ3) is 3.10. The van der Waals surface area contributed by atoms with E-state index in [-0.39, 0.29) is 11.4 Å². The second kappa shape index (κ2) is 5.38. The van der Waals surface area contributed by atoms with Crippen molar-refractivity contribution in [2.75, 3.05) is 11.2 Å². The molecule has 0 saturated heterocycles. The van der Waals surface area contributed by atoms with Gasteiger partial charge in [-0.25, -0.2) is 0 Å². The Labute approximate surface area is 119 Å². The molecule has 6 nitrogen and oxygen atoms in total. The van der Waals surface area contributed by atoms with Crippen LogP contribution in [-0.4, -0.2) is 15.7 Å². The fourth-order valence-corrected chi connectivity index (χ4v) is 1.97. The Hall–Kier alpha value is -1.92. The number of hydrazine groups is 1. The van der Waals surface area contributed by atoms with Gasteiger partial charge in [-0.05, 0) is 18.2 Å². The highest BCUT2D eigenvalue weighted by atomic mass is 35.5. The van der Waals surface area contributed by atoms with E-state index in [0.717, 1.165) is 0 Å². The summed E-state index contributed by atoms with van der Waals surface area (Å²) in [6.07, 6.45) is 1.39. The van der Waals surface area contributed by atoms with Crippen LogP contribution in [0.5, 0.6) is 0 Å². The predicted octanol–water partition coefficient (Wildman–Crippen LogP) is 2.07. The first kappa shape index (κ1) is 13.5. The number of halogens is 2. The van der Waals surface area contributed by atoms with E-state index < -0.39 is 5.91 Å². The second-order valence-electron chi connectivity index (χ2n) is 3.80. The van der Waals surface area contributed by atoms with Crippen LogP contribution in [0.3, 0.4) is 0 Å². The van der Waals surface area contributed by atoms with E-state index in [4.69, 9.17) is 28.9 Å². The topological polar surface area (TPSA) is 85.0 Å². The van der Waals surface area contributed by atoms with E-state index in [1.807, 2.05) is 0 Å². The van der Waals surface area contributed by atoms with Crippen molar-refractivity contribution in [1.82, 2.24) is 15.2 Å². The second-order valence-corrected chi connectivity index (χ2v) is 4.68. The van der Waals surface area contributed by atoms with Crippen molar-refractivity contribution in [1.29, 1.82) is 0 Å². The molecule has 0 unspecified atom stereocenters. The van der Waals surface area contributed by atoms with Crippen LogP contribution in [-0.2, 0) is 7.05 Å². The molecular weight excluding hydrogens is 289 g/mol. The minimum absolute atomic E-state index is 0.281. The van der Waals surface area contributed by atoms with Crippen LogP contribution in [0.4, 0.5) is 11.5 Å². The maximum atomic E-state index is 11.8. The summed E-state index contributed by atoms with van der Waals surface area (Å²) in [7, 11) is 1.65. The first-order valence-electron chi connectivity index (χ1n) is 5.27. The van der Waals surface area contributed by atoms with Crippen LogP contribution in [0.25, 0.3) is 0 Å². The largest absolute Gasteiger partial charge is 0.383 e. The summed E-state index contributed by atoms with van der Waals surface area (Å²) in [5.74, 6) is -0.120. The van der Waals surface area contributed by atoms with Gasteiger partial charge in [0.15, 0.2) is 0 Å². The number of nitrogens with zero attached hydrogens (tertiary/aromatic N) is 2. The van der Waals surface area contributed by atoms with Crippen LogP contribution in [0.2, 0.25) is 10.0 Å². The van der Waals surface area contributed by atoms with E-state index in [2.05, 4.69) is 16.0 Å². The SMILES string of the molecule is Cn1ncc(C(=O)NNc2cc(Cl)cc(Cl)c2)c1N. The fraction of sp³-hybridized carbons (Fsp3) is 0.0909. The molecule has 1 amide bonds.